The first-order valence-corrected chi connectivity index (χ1v) is 2.58. The summed E-state index contributed by atoms with van der Waals surface area (Å²) >= 11 is 9.14. The third kappa shape index (κ3) is 0.726. The second kappa shape index (κ2) is 1.81. The highest BCUT2D eigenvalue weighted by Crippen LogP contribution is 2.00. The van der Waals surface area contributed by atoms with Gasteiger partial charge in [0.1, 0.15) is 0 Å². The second-order valence-corrected chi connectivity index (χ2v) is 1.87. The normalized spacial score (nSPS) is 18.4. The Morgan fingerprint density at radius 3 is 1.75 bits per heavy atom. The zero-order chi connectivity index (χ0) is 6.15. The number of rotatable bonds is 0. The van der Waals surface area contributed by atoms with Gasteiger partial charge >= 0.3 is 0 Å². The summed E-state index contributed by atoms with van der Waals surface area (Å²) in [4.78, 5) is 0. The van der Waals surface area contributed by atoms with Crippen LogP contribution >= 0.6 is 24.4 Å². The zero-order valence-corrected chi connectivity index (χ0v) is 5.37. The Bertz CT molecular complexity index is 155. The SMILES string of the molecule is NN1C(=S)N=NC1=S. The Morgan fingerprint density at radius 2 is 1.62 bits per heavy atom. The summed E-state index contributed by atoms with van der Waals surface area (Å²) in [7, 11) is 0. The smallest absolute Gasteiger partial charge is 0.237 e. The summed E-state index contributed by atoms with van der Waals surface area (Å²) in [6.45, 7) is 0. The number of hydrazine groups is 1. The molecule has 6 heteroatoms. The average Bonchev–Trinajstić information content (AvgIpc) is 1.98. The molecule has 1 rings (SSSR count). The Labute approximate surface area is 56.3 Å². The first kappa shape index (κ1) is 5.67. The summed E-state index contributed by atoms with van der Waals surface area (Å²) in [5, 5.41) is 8.34. The third-order valence-corrected chi connectivity index (χ3v) is 1.19. The van der Waals surface area contributed by atoms with Gasteiger partial charge in [0.2, 0.25) is 10.2 Å². The van der Waals surface area contributed by atoms with Crippen molar-refractivity contribution < 1.29 is 0 Å². The van der Waals surface area contributed by atoms with Crippen molar-refractivity contribution in [3.63, 3.8) is 0 Å². The van der Waals surface area contributed by atoms with Crippen molar-refractivity contribution >= 4 is 34.7 Å². The molecule has 0 spiro atoms. The highest BCUT2D eigenvalue weighted by Gasteiger charge is 2.14. The van der Waals surface area contributed by atoms with Gasteiger partial charge in [-0.05, 0) is 24.4 Å². The Balaban J connectivity index is 2.84. The first-order valence-electron chi connectivity index (χ1n) is 1.76. The fourth-order valence-electron chi connectivity index (χ4n) is 0.264. The molecule has 2 N–H and O–H groups in total. The lowest BCUT2D eigenvalue weighted by atomic mass is 11.0. The van der Waals surface area contributed by atoms with E-state index >= 15 is 0 Å². The highest BCUT2D eigenvalue weighted by atomic mass is 32.1. The largest absolute Gasteiger partial charge is 0.239 e. The van der Waals surface area contributed by atoms with Crippen LogP contribution < -0.4 is 5.84 Å². The molecular formula is C2H2N4S2. The van der Waals surface area contributed by atoms with E-state index in [4.69, 9.17) is 5.84 Å². The van der Waals surface area contributed by atoms with E-state index in [0.29, 0.717) is 0 Å². The quantitative estimate of drug-likeness (QED) is 0.392. The van der Waals surface area contributed by atoms with Gasteiger partial charge in [-0.15, -0.1) is 10.2 Å². The number of azo groups is 1. The highest BCUT2D eigenvalue weighted by molar-refractivity contribution is 7.82. The molecule has 0 aromatic carbocycles. The molecule has 0 aliphatic carbocycles. The maximum atomic E-state index is 5.19. The van der Waals surface area contributed by atoms with Crippen LogP contribution in [0.3, 0.4) is 0 Å². The lowest BCUT2D eigenvalue weighted by molar-refractivity contribution is 0.685. The van der Waals surface area contributed by atoms with Crippen LogP contribution in [-0.4, -0.2) is 15.2 Å². The van der Waals surface area contributed by atoms with Crippen LogP contribution in [0.2, 0.25) is 0 Å². The van der Waals surface area contributed by atoms with Gasteiger partial charge in [-0.1, -0.05) is 0 Å². The van der Waals surface area contributed by atoms with Crippen molar-refractivity contribution in [3.8, 4) is 0 Å². The van der Waals surface area contributed by atoms with Gasteiger partial charge in [0.05, 0.1) is 0 Å². The van der Waals surface area contributed by atoms with E-state index in [1.807, 2.05) is 0 Å². The Hall–Kier alpha value is -0.460. The fraction of sp³-hybridized carbons (Fsp3) is 0. The molecule has 0 fully saturated rings. The monoisotopic (exact) mass is 146 g/mol. The van der Waals surface area contributed by atoms with Gasteiger partial charge in [-0.3, -0.25) is 0 Å². The number of hydrogen-bond acceptors (Lipinski definition) is 3. The van der Waals surface area contributed by atoms with Crippen LogP contribution in [-0.2, 0) is 0 Å². The van der Waals surface area contributed by atoms with Crippen LogP contribution in [0, 0.1) is 0 Å². The maximum absolute atomic E-state index is 5.19. The van der Waals surface area contributed by atoms with Crippen molar-refractivity contribution in [3.05, 3.63) is 0 Å². The number of nitrogens with two attached hydrogens (primary N) is 1. The minimum atomic E-state index is 0.218. The maximum Gasteiger partial charge on any atom is 0.237 e. The number of nitrogens with zero attached hydrogens (tertiary/aromatic N) is 3. The van der Waals surface area contributed by atoms with Crippen molar-refractivity contribution in [1.82, 2.24) is 5.01 Å². The molecule has 4 nitrogen and oxygen atoms in total. The minimum absolute atomic E-state index is 0.218. The molecule has 0 amide bonds. The van der Waals surface area contributed by atoms with Gasteiger partial charge in [0.15, 0.2) is 0 Å². The van der Waals surface area contributed by atoms with E-state index in [1.165, 1.54) is 0 Å². The van der Waals surface area contributed by atoms with Gasteiger partial charge in [-0.2, -0.15) is 0 Å². The van der Waals surface area contributed by atoms with Crippen molar-refractivity contribution in [2.45, 2.75) is 0 Å². The van der Waals surface area contributed by atoms with Crippen molar-refractivity contribution in [2.75, 3.05) is 0 Å². The van der Waals surface area contributed by atoms with E-state index in [9.17, 15) is 0 Å². The molecule has 42 valence electrons. The van der Waals surface area contributed by atoms with Crippen molar-refractivity contribution in [1.29, 1.82) is 0 Å². The average molecular weight is 146 g/mol. The van der Waals surface area contributed by atoms with Crippen LogP contribution in [0.25, 0.3) is 0 Å². The van der Waals surface area contributed by atoms with Crippen LogP contribution in [0.15, 0.2) is 10.2 Å². The van der Waals surface area contributed by atoms with Crippen LogP contribution in [0.4, 0.5) is 0 Å². The van der Waals surface area contributed by atoms with Crippen LogP contribution in [0.1, 0.15) is 0 Å². The third-order valence-electron chi connectivity index (χ3n) is 0.633. The van der Waals surface area contributed by atoms with Gasteiger partial charge in [0.25, 0.3) is 0 Å². The molecule has 1 aliphatic rings. The lowest BCUT2D eigenvalue weighted by Gasteiger charge is -2.02. The van der Waals surface area contributed by atoms with Crippen molar-refractivity contribution in [2.24, 2.45) is 16.1 Å². The van der Waals surface area contributed by atoms with E-state index in [0.717, 1.165) is 5.01 Å². The van der Waals surface area contributed by atoms with Gasteiger partial charge in [0, 0.05) is 0 Å². The second-order valence-electron chi connectivity index (χ2n) is 1.14. The summed E-state index contributed by atoms with van der Waals surface area (Å²) < 4.78 is 0. The fourth-order valence-corrected chi connectivity index (χ4v) is 0.576. The molecule has 0 aromatic rings. The molecule has 0 unspecified atom stereocenters. The number of thiocarbonyl (C=S) groups is 2. The number of hydrogen-bond donors (Lipinski definition) is 1. The molecule has 0 radical (unpaired) electrons. The van der Waals surface area contributed by atoms with E-state index in [-0.39, 0.29) is 10.2 Å². The molecule has 0 bridgehead atoms. The lowest BCUT2D eigenvalue weighted by Crippen LogP contribution is -2.34. The molecular weight excluding hydrogens is 144 g/mol. The van der Waals surface area contributed by atoms with E-state index in [1.54, 1.807) is 0 Å². The first-order chi connectivity index (χ1) is 3.72. The predicted molar refractivity (Wildman–Crippen MR) is 36.1 cm³/mol. The summed E-state index contributed by atoms with van der Waals surface area (Å²) in [5.74, 6) is 5.19. The predicted octanol–water partition coefficient (Wildman–Crippen LogP) is 0.198. The molecule has 0 saturated carbocycles. The topological polar surface area (TPSA) is 54.0 Å². The molecule has 1 aliphatic heterocycles. The molecule has 0 saturated heterocycles. The molecule has 1 heterocycles. The van der Waals surface area contributed by atoms with Gasteiger partial charge < -0.3 is 0 Å². The van der Waals surface area contributed by atoms with E-state index in [2.05, 4.69) is 34.7 Å². The van der Waals surface area contributed by atoms with Gasteiger partial charge in [-0.25, -0.2) is 10.9 Å². The standard InChI is InChI=1S/C2H2N4S2/c3-6-1(7)4-5-2(6)8/h3H2. The molecule has 8 heavy (non-hydrogen) atoms. The summed E-state index contributed by atoms with van der Waals surface area (Å²) in [6.07, 6.45) is 0. The van der Waals surface area contributed by atoms with Crippen LogP contribution in [0.5, 0.6) is 0 Å². The zero-order valence-electron chi connectivity index (χ0n) is 3.74. The summed E-state index contributed by atoms with van der Waals surface area (Å²) in [6, 6.07) is 0. The summed E-state index contributed by atoms with van der Waals surface area (Å²) in [5.41, 5.74) is 0. The Morgan fingerprint density at radius 1 is 1.25 bits per heavy atom. The Kier molecular flexibility index (Phi) is 1.28. The molecule has 0 atom stereocenters. The minimum Gasteiger partial charge on any atom is -0.239 e. The van der Waals surface area contributed by atoms with E-state index < -0.39 is 0 Å². The molecule has 0 aromatic heterocycles.